The van der Waals surface area contributed by atoms with E-state index in [1.807, 2.05) is 0 Å². The highest BCUT2D eigenvalue weighted by Gasteiger charge is 2.07. The highest BCUT2D eigenvalue weighted by molar-refractivity contribution is 8.15. The molecule has 0 saturated carbocycles. The fourth-order valence-corrected chi connectivity index (χ4v) is 0.754. The Morgan fingerprint density at radius 2 is 2.40 bits per heavy atom. The molecule has 0 aromatic heterocycles. The number of hydrogen-bond acceptors (Lipinski definition) is 4. The maximum Gasteiger partial charge on any atom is 0.279 e. The Balaban J connectivity index is 3.91. The van der Waals surface area contributed by atoms with Crippen LogP contribution in [0.2, 0.25) is 0 Å². The van der Waals surface area contributed by atoms with Gasteiger partial charge in [0.05, 0.1) is 0 Å². The van der Waals surface area contributed by atoms with Crippen molar-refractivity contribution < 1.29 is 10.0 Å². The Hall–Kier alpha value is -0.710. The number of carbonyl (C=O) groups excluding carboxylic acids is 1. The molecule has 0 radical (unpaired) electrons. The van der Waals surface area contributed by atoms with Crippen LogP contribution in [0, 0.1) is 0 Å². The van der Waals surface area contributed by atoms with Crippen molar-refractivity contribution in [2.45, 2.75) is 6.92 Å². The van der Waals surface area contributed by atoms with E-state index in [1.54, 1.807) is 13.2 Å². The number of oxime groups is 1. The van der Waals surface area contributed by atoms with Gasteiger partial charge in [-0.2, -0.15) is 0 Å². The molecule has 0 saturated heterocycles. The Morgan fingerprint density at radius 3 is 2.70 bits per heavy atom. The third-order valence-electron chi connectivity index (χ3n) is 0.816. The van der Waals surface area contributed by atoms with Crippen LogP contribution in [-0.4, -0.2) is 29.0 Å². The molecule has 0 bridgehead atoms. The van der Waals surface area contributed by atoms with Crippen LogP contribution < -0.4 is 5.32 Å². The molecule has 5 heteroatoms. The van der Waals surface area contributed by atoms with E-state index in [9.17, 15) is 4.79 Å². The van der Waals surface area contributed by atoms with Gasteiger partial charge in [-0.25, -0.2) is 0 Å². The largest absolute Gasteiger partial charge is 0.410 e. The van der Waals surface area contributed by atoms with Gasteiger partial charge in [0, 0.05) is 6.54 Å². The highest BCUT2D eigenvalue weighted by atomic mass is 32.2. The summed E-state index contributed by atoms with van der Waals surface area (Å²) in [6.07, 6.45) is 1.67. The first-order valence-corrected chi connectivity index (χ1v) is 4.03. The average Bonchev–Trinajstić information content (AvgIpc) is 1.91. The molecule has 0 heterocycles. The molecule has 0 aliphatic carbocycles. The molecule has 0 unspecified atom stereocenters. The van der Waals surface area contributed by atoms with Gasteiger partial charge < -0.3 is 10.5 Å². The second kappa shape index (κ2) is 5.10. The van der Waals surface area contributed by atoms with Crippen molar-refractivity contribution in [1.29, 1.82) is 0 Å². The number of thioether (sulfide) groups is 1. The Morgan fingerprint density at radius 1 is 1.80 bits per heavy atom. The lowest BCUT2D eigenvalue weighted by molar-refractivity contribution is -0.114. The second-order valence-electron chi connectivity index (χ2n) is 1.47. The molecule has 0 atom stereocenters. The number of rotatable bonds is 1. The number of nitrogens with one attached hydrogen (secondary N) is 1. The van der Waals surface area contributed by atoms with Gasteiger partial charge in [-0.1, -0.05) is 5.16 Å². The maximum atomic E-state index is 10.8. The van der Waals surface area contributed by atoms with E-state index < -0.39 is 0 Å². The summed E-state index contributed by atoms with van der Waals surface area (Å²) in [5.74, 6) is -0.336. The molecule has 0 aromatic carbocycles. The fourth-order valence-electron chi connectivity index (χ4n) is 0.415. The minimum atomic E-state index is -0.336. The van der Waals surface area contributed by atoms with E-state index in [2.05, 4.69) is 10.5 Å². The molecule has 0 aliphatic rings. The van der Waals surface area contributed by atoms with Crippen molar-refractivity contribution in [3.8, 4) is 0 Å². The van der Waals surface area contributed by atoms with E-state index >= 15 is 0 Å². The Bertz CT molecular complexity index is 147. The van der Waals surface area contributed by atoms with Gasteiger partial charge in [-0.05, 0) is 13.2 Å². The van der Waals surface area contributed by atoms with Crippen LogP contribution >= 0.6 is 11.8 Å². The summed E-state index contributed by atoms with van der Waals surface area (Å²) in [5.41, 5.74) is 0. The third-order valence-corrected chi connectivity index (χ3v) is 1.47. The quantitative estimate of drug-likeness (QED) is 0.252. The van der Waals surface area contributed by atoms with E-state index in [1.165, 1.54) is 0 Å². The van der Waals surface area contributed by atoms with E-state index in [0.717, 1.165) is 11.8 Å². The predicted octanol–water partition coefficient (Wildman–Crippen LogP) is 0.273. The summed E-state index contributed by atoms with van der Waals surface area (Å²) < 4.78 is 0. The predicted molar refractivity (Wildman–Crippen MR) is 41.4 cm³/mol. The number of carbonyl (C=O) groups is 1. The lowest BCUT2D eigenvalue weighted by Crippen LogP contribution is -2.28. The molecule has 0 rings (SSSR count). The Labute approximate surface area is 63.7 Å². The van der Waals surface area contributed by atoms with Crippen LogP contribution in [0.3, 0.4) is 0 Å². The van der Waals surface area contributed by atoms with Crippen LogP contribution in [0.1, 0.15) is 6.92 Å². The van der Waals surface area contributed by atoms with E-state index in [4.69, 9.17) is 5.21 Å². The lowest BCUT2D eigenvalue weighted by Gasteiger charge is -1.99. The smallest absolute Gasteiger partial charge is 0.279 e. The van der Waals surface area contributed by atoms with Gasteiger partial charge in [0.15, 0.2) is 5.04 Å². The van der Waals surface area contributed by atoms with E-state index in [0.29, 0.717) is 6.54 Å². The summed E-state index contributed by atoms with van der Waals surface area (Å²) in [7, 11) is 0. The number of nitrogens with zero attached hydrogens (tertiary/aromatic N) is 1. The van der Waals surface area contributed by atoms with Gasteiger partial charge >= 0.3 is 0 Å². The van der Waals surface area contributed by atoms with E-state index in [-0.39, 0.29) is 11.0 Å². The van der Waals surface area contributed by atoms with Crippen LogP contribution in [0.4, 0.5) is 0 Å². The standard InChI is InChI=1S/C5H10N2O2S/c1-3-6-4(8)5(7-9)10-2/h9H,3H2,1-2H3,(H,6,8)/b7-5-. The molecular formula is C5H10N2O2S. The first kappa shape index (κ1) is 9.29. The average molecular weight is 162 g/mol. The van der Waals surface area contributed by atoms with Crippen molar-refractivity contribution in [1.82, 2.24) is 5.32 Å². The van der Waals surface area contributed by atoms with Gasteiger partial charge in [-0.15, -0.1) is 11.8 Å². The zero-order valence-electron chi connectivity index (χ0n) is 5.92. The van der Waals surface area contributed by atoms with Crippen LogP contribution in [0.5, 0.6) is 0 Å². The topological polar surface area (TPSA) is 61.7 Å². The monoisotopic (exact) mass is 162 g/mol. The summed E-state index contributed by atoms with van der Waals surface area (Å²) in [6, 6.07) is 0. The van der Waals surface area contributed by atoms with Gasteiger partial charge in [0.2, 0.25) is 0 Å². The molecule has 0 fully saturated rings. The highest BCUT2D eigenvalue weighted by Crippen LogP contribution is 1.96. The zero-order chi connectivity index (χ0) is 7.98. The maximum absolute atomic E-state index is 10.8. The van der Waals surface area contributed by atoms with Gasteiger partial charge in [-0.3, -0.25) is 4.79 Å². The molecule has 58 valence electrons. The van der Waals surface area contributed by atoms with Crippen LogP contribution in [0.25, 0.3) is 0 Å². The minimum Gasteiger partial charge on any atom is -0.410 e. The van der Waals surface area contributed by atoms with Crippen LogP contribution in [-0.2, 0) is 4.79 Å². The lowest BCUT2D eigenvalue weighted by atomic mass is 10.6. The second-order valence-corrected chi connectivity index (χ2v) is 2.26. The molecule has 10 heavy (non-hydrogen) atoms. The summed E-state index contributed by atoms with van der Waals surface area (Å²) in [4.78, 5) is 10.8. The third kappa shape index (κ3) is 2.72. The van der Waals surface area contributed by atoms with Crippen LogP contribution in [0.15, 0.2) is 5.16 Å². The van der Waals surface area contributed by atoms with Crippen molar-refractivity contribution in [3.63, 3.8) is 0 Å². The molecule has 1 amide bonds. The van der Waals surface area contributed by atoms with Crippen molar-refractivity contribution in [3.05, 3.63) is 0 Å². The van der Waals surface area contributed by atoms with Crippen molar-refractivity contribution in [2.24, 2.45) is 5.16 Å². The fraction of sp³-hybridized carbons (Fsp3) is 0.600. The molecule has 2 N–H and O–H groups in total. The molecule has 0 aliphatic heterocycles. The molecule has 4 nitrogen and oxygen atoms in total. The first-order chi connectivity index (χ1) is 4.76. The van der Waals surface area contributed by atoms with Crippen molar-refractivity contribution >= 4 is 22.7 Å². The van der Waals surface area contributed by atoms with Crippen molar-refractivity contribution in [2.75, 3.05) is 12.8 Å². The first-order valence-electron chi connectivity index (χ1n) is 2.80. The molecular weight excluding hydrogens is 152 g/mol. The zero-order valence-corrected chi connectivity index (χ0v) is 6.73. The normalized spacial score (nSPS) is 11.2. The molecule has 0 spiro atoms. The number of hydrogen-bond donors (Lipinski definition) is 2. The summed E-state index contributed by atoms with van der Waals surface area (Å²) in [6.45, 7) is 2.34. The molecule has 0 aromatic rings. The summed E-state index contributed by atoms with van der Waals surface area (Å²) in [5, 5.41) is 13.6. The van der Waals surface area contributed by atoms with Gasteiger partial charge in [0.25, 0.3) is 5.91 Å². The number of amides is 1. The SMILES string of the molecule is CCNC(=O)/C(=N/O)SC. The summed E-state index contributed by atoms with van der Waals surface area (Å²) >= 11 is 1.11. The Kier molecular flexibility index (Phi) is 4.74. The minimum absolute atomic E-state index is 0.0850. The van der Waals surface area contributed by atoms with Gasteiger partial charge in [0.1, 0.15) is 0 Å².